The number of nitrogens with two attached hydrogens (primary N) is 1. The van der Waals surface area contributed by atoms with Gasteiger partial charge in [0.2, 0.25) is 0 Å². The topological polar surface area (TPSA) is 95.9 Å². The Morgan fingerprint density at radius 3 is 2.95 bits per heavy atom. The molecule has 0 spiro atoms. The van der Waals surface area contributed by atoms with Gasteiger partial charge in [-0.1, -0.05) is 0 Å². The van der Waals surface area contributed by atoms with Gasteiger partial charge in [-0.15, -0.1) is 0 Å². The third kappa shape index (κ3) is 3.02. The van der Waals surface area contributed by atoms with Crippen LogP contribution in [0.15, 0.2) is 28.8 Å². The summed E-state index contributed by atoms with van der Waals surface area (Å²) in [4.78, 5) is 19.9. The van der Waals surface area contributed by atoms with Crippen molar-refractivity contribution in [2.75, 3.05) is 12.3 Å². The summed E-state index contributed by atoms with van der Waals surface area (Å²) in [6.45, 7) is 2.04. The highest BCUT2D eigenvalue weighted by molar-refractivity contribution is 7.99. The molecule has 0 aliphatic heterocycles. The first kappa shape index (κ1) is 13.3. The Bertz CT molecular complexity index is 599. The molecule has 2 aromatic rings. The second-order valence-electron chi connectivity index (χ2n) is 3.60. The van der Waals surface area contributed by atoms with Crippen LogP contribution in [-0.2, 0) is 11.8 Å². The molecule has 7 nitrogen and oxygen atoms in total. The minimum Gasteiger partial charge on any atom is -0.462 e. The molecule has 0 aliphatic carbocycles. The average molecular weight is 279 g/mol. The molecule has 0 atom stereocenters. The molecule has 0 bridgehead atoms. The molecular weight excluding hydrogens is 266 g/mol. The largest absolute Gasteiger partial charge is 0.462 e. The molecule has 19 heavy (non-hydrogen) atoms. The summed E-state index contributed by atoms with van der Waals surface area (Å²) in [5.74, 6) is -0.456. The number of pyridine rings is 1. The molecule has 0 amide bonds. The molecule has 0 fully saturated rings. The van der Waals surface area contributed by atoms with Crippen LogP contribution >= 0.6 is 11.8 Å². The van der Waals surface area contributed by atoms with E-state index in [1.807, 2.05) is 0 Å². The highest BCUT2D eigenvalue weighted by Gasteiger charge is 2.14. The molecule has 0 saturated carbocycles. The number of rotatable bonds is 4. The van der Waals surface area contributed by atoms with E-state index in [-0.39, 0.29) is 0 Å². The molecule has 8 heteroatoms. The molecule has 100 valence electrons. The number of aryl methyl sites for hydroxylation is 1. The van der Waals surface area contributed by atoms with E-state index in [1.165, 1.54) is 24.3 Å². The van der Waals surface area contributed by atoms with Crippen LogP contribution in [0.1, 0.15) is 17.3 Å². The molecular formula is C11H13N5O2S. The van der Waals surface area contributed by atoms with E-state index >= 15 is 0 Å². The number of esters is 1. The summed E-state index contributed by atoms with van der Waals surface area (Å²) < 4.78 is 6.55. The van der Waals surface area contributed by atoms with Gasteiger partial charge in [0.15, 0.2) is 5.16 Å². The molecule has 0 unspecified atom stereocenters. The fourth-order valence-electron chi connectivity index (χ4n) is 1.36. The van der Waals surface area contributed by atoms with Gasteiger partial charge in [-0.3, -0.25) is 0 Å². The van der Waals surface area contributed by atoms with Gasteiger partial charge >= 0.3 is 5.97 Å². The van der Waals surface area contributed by atoms with Gasteiger partial charge in [0.05, 0.1) is 24.1 Å². The van der Waals surface area contributed by atoms with Crippen LogP contribution in [0.25, 0.3) is 0 Å². The van der Waals surface area contributed by atoms with Gasteiger partial charge in [0.1, 0.15) is 11.4 Å². The molecule has 2 N–H and O–H groups in total. The van der Waals surface area contributed by atoms with Crippen molar-refractivity contribution in [1.82, 2.24) is 19.7 Å². The summed E-state index contributed by atoms with van der Waals surface area (Å²) in [6, 6.07) is 1.59. The van der Waals surface area contributed by atoms with Crippen LogP contribution in [-0.4, -0.2) is 32.3 Å². The summed E-state index contributed by atoms with van der Waals surface area (Å²) in [5, 5.41) is 5.24. The Morgan fingerprint density at radius 1 is 1.53 bits per heavy atom. The van der Waals surface area contributed by atoms with E-state index in [4.69, 9.17) is 10.5 Å². The zero-order chi connectivity index (χ0) is 13.8. The van der Waals surface area contributed by atoms with Crippen molar-refractivity contribution in [3.8, 4) is 0 Å². The SMILES string of the molecule is CCOC(=O)c1cc(Sc2ncnn2C)ncc1N. The highest BCUT2D eigenvalue weighted by Crippen LogP contribution is 2.26. The van der Waals surface area contributed by atoms with Crippen molar-refractivity contribution in [2.45, 2.75) is 17.1 Å². The Kier molecular flexibility index (Phi) is 4.00. The maximum atomic E-state index is 11.7. The van der Waals surface area contributed by atoms with Crippen LogP contribution < -0.4 is 5.73 Å². The van der Waals surface area contributed by atoms with Gasteiger partial charge in [0, 0.05) is 7.05 Å². The molecule has 0 aromatic carbocycles. The standard InChI is InChI=1S/C11H13N5O2S/c1-3-18-10(17)7-4-9(13-5-8(7)12)19-11-14-6-15-16(11)2/h4-6H,3,12H2,1-2H3. The predicted octanol–water partition coefficient (Wildman–Crippen LogP) is 1.12. The third-order valence-corrected chi connectivity index (χ3v) is 3.26. The van der Waals surface area contributed by atoms with Gasteiger partial charge in [0.25, 0.3) is 0 Å². The highest BCUT2D eigenvalue weighted by atomic mass is 32.2. The van der Waals surface area contributed by atoms with Gasteiger partial charge in [-0.05, 0) is 24.8 Å². The third-order valence-electron chi connectivity index (χ3n) is 2.27. The molecule has 2 aromatic heterocycles. The minimum atomic E-state index is -0.456. The van der Waals surface area contributed by atoms with Crippen LogP contribution in [0.2, 0.25) is 0 Å². The number of hydrogen-bond donors (Lipinski definition) is 1. The number of carbonyl (C=O) groups excluding carboxylic acids is 1. The van der Waals surface area contributed by atoms with Crippen molar-refractivity contribution < 1.29 is 9.53 Å². The van der Waals surface area contributed by atoms with Crippen molar-refractivity contribution in [1.29, 1.82) is 0 Å². The van der Waals surface area contributed by atoms with E-state index in [9.17, 15) is 4.79 Å². The first-order valence-corrected chi connectivity index (χ1v) is 6.38. The first-order chi connectivity index (χ1) is 9.11. The lowest BCUT2D eigenvalue weighted by molar-refractivity contribution is 0.0527. The maximum Gasteiger partial charge on any atom is 0.340 e. The second kappa shape index (κ2) is 5.70. The zero-order valence-corrected chi connectivity index (χ0v) is 11.3. The quantitative estimate of drug-likeness (QED) is 0.838. The predicted molar refractivity (Wildman–Crippen MR) is 69.7 cm³/mol. The smallest absolute Gasteiger partial charge is 0.340 e. The number of nitrogens with zero attached hydrogens (tertiary/aromatic N) is 4. The minimum absolute atomic E-state index is 0.292. The van der Waals surface area contributed by atoms with E-state index < -0.39 is 5.97 Å². The maximum absolute atomic E-state index is 11.7. The monoisotopic (exact) mass is 279 g/mol. The molecule has 2 rings (SSSR count). The number of ether oxygens (including phenoxy) is 1. The van der Waals surface area contributed by atoms with Crippen molar-refractivity contribution in [3.05, 3.63) is 24.2 Å². The number of anilines is 1. The van der Waals surface area contributed by atoms with E-state index in [0.717, 1.165) is 0 Å². The van der Waals surface area contributed by atoms with Gasteiger partial charge < -0.3 is 10.5 Å². The summed E-state index contributed by atoms with van der Waals surface area (Å²) in [7, 11) is 1.78. The number of nitrogen functional groups attached to an aromatic ring is 1. The Hall–Kier alpha value is -2.09. The van der Waals surface area contributed by atoms with Crippen LogP contribution in [0, 0.1) is 0 Å². The van der Waals surface area contributed by atoms with E-state index in [0.29, 0.717) is 28.0 Å². The van der Waals surface area contributed by atoms with E-state index in [2.05, 4.69) is 15.1 Å². The zero-order valence-electron chi connectivity index (χ0n) is 10.5. The number of carbonyl (C=O) groups is 1. The number of hydrogen-bond acceptors (Lipinski definition) is 7. The molecule has 2 heterocycles. The summed E-state index contributed by atoms with van der Waals surface area (Å²) in [5.41, 5.74) is 6.32. The molecule has 0 radical (unpaired) electrons. The number of aromatic nitrogens is 4. The summed E-state index contributed by atoms with van der Waals surface area (Å²) >= 11 is 1.29. The Labute approximate surface area is 114 Å². The van der Waals surface area contributed by atoms with E-state index in [1.54, 1.807) is 24.7 Å². The Balaban J connectivity index is 2.26. The van der Waals surface area contributed by atoms with Crippen molar-refractivity contribution in [3.63, 3.8) is 0 Å². The van der Waals surface area contributed by atoms with Crippen molar-refractivity contribution in [2.24, 2.45) is 7.05 Å². The van der Waals surface area contributed by atoms with Gasteiger partial charge in [-0.2, -0.15) is 5.10 Å². The Morgan fingerprint density at radius 2 is 2.32 bits per heavy atom. The second-order valence-corrected chi connectivity index (χ2v) is 4.59. The van der Waals surface area contributed by atoms with Crippen molar-refractivity contribution >= 4 is 23.4 Å². The lowest BCUT2D eigenvalue weighted by Crippen LogP contribution is -2.08. The normalized spacial score (nSPS) is 10.4. The lowest BCUT2D eigenvalue weighted by Gasteiger charge is -2.06. The molecule has 0 aliphatic rings. The van der Waals surface area contributed by atoms with Crippen LogP contribution in [0.4, 0.5) is 5.69 Å². The van der Waals surface area contributed by atoms with Gasteiger partial charge in [-0.25, -0.2) is 19.4 Å². The van der Waals surface area contributed by atoms with Crippen LogP contribution in [0.5, 0.6) is 0 Å². The first-order valence-electron chi connectivity index (χ1n) is 5.56. The van der Waals surface area contributed by atoms with Crippen LogP contribution in [0.3, 0.4) is 0 Å². The molecule has 0 saturated heterocycles. The fourth-order valence-corrected chi connectivity index (χ4v) is 2.11. The fraction of sp³-hybridized carbons (Fsp3) is 0.273. The lowest BCUT2D eigenvalue weighted by atomic mass is 10.2. The average Bonchev–Trinajstić information content (AvgIpc) is 2.78. The summed E-state index contributed by atoms with van der Waals surface area (Å²) in [6.07, 6.45) is 2.89.